The number of fused-ring (bicyclic) bond motifs is 1. The minimum Gasteiger partial charge on any atom is -0.487 e. The summed E-state index contributed by atoms with van der Waals surface area (Å²) in [7, 11) is 0. The van der Waals surface area contributed by atoms with E-state index in [-0.39, 0.29) is 0 Å². The Morgan fingerprint density at radius 3 is 2.85 bits per heavy atom. The number of ether oxygens (including phenoxy) is 1. The highest BCUT2D eigenvalue weighted by atomic mass is 79.9. The topological polar surface area (TPSA) is 22.1 Å². The average molecular weight is 349 g/mol. The molecule has 0 N–H and O–H groups in total. The van der Waals surface area contributed by atoms with E-state index in [9.17, 15) is 0 Å². The number of hydrogen-bond acceptors (Lipinski definition) is 2. The van der Waals surface area contributed by atoms with Gasteiger partial charge in [0.25, 0.3) is 0 Å². The van der Waals surface area contributed by atoms with Crippen molar-refractivity contribution in [1.29, 1.82) is 0 Å². The maximum absolute atomic E-state index is 6.12. The van der Waals surface area contributed by atoms with Gasteiger partial charge in [0, 0.05) is 21.6 Å². The van der Waals surface area contributed by atoms with Gasteiger partial charge in [-0.3, -0.25) is 4.98 Å². The van der Waals surface area contributed by atoms with Crippen LogP contribution in [-0.4, -0.2) is 4.98 Å². The summed E-state index contributed by atoms with van der Waals surface area (Å²) in [5, 5.41) is 1.70. The second-order valence-electron chi connectivity index (χ2n) is 4.35. The monoisotopic (exact) mass is 347 g/mol. The van der Waals surface area contributed by atoms with E-state index < -0.39 is 0 Å². The molecule has 4 heteroatoms. The molecule has 0 saturated heterocycles. The highest BCUT2D eigenvalue weighted by Crippen LogP contribution is 2.29. The maximum atomic E-state index is 6.12. The van der Waals surface area contributed by atoms with Gasteiger partial charge in [0.05, 0.1) is 10.5 Å². The third-order valence-electron chi connectivity index (χ3n) is 3.02. The fraction of sp³-hybridized carbons (Fsp3) is 0.0625. The van der Waals surface area contributed by atoms with Crippen molar-refractivity contribution in [2.24, 2.45) is 0 Å². The number of para-hydroxylation sites is 1. The molecule has 0 saturated carbocycles. The highest BCUT2D eigenvalue weighted by molar-refractivity contribution is 9.10. The first-order chi connectivity index (χ1) is 9.74. The molecule has 2 nitrogen and oxygen atoms in total. The Bertz CT molecular complexity index is 755. The predicted molar refractivity (Wildman–Crippen MR) is 85.2 cm³/mol. The fourth-order valence-corrected chi connectivity index (χ4v) is 2.54. The SMILES string of the molecule is Clc1ccc(Br)cc1OCc1ccnc2ccccc12. The summed E-state index contributed by atoms with van der Waals surface area (Å²) in [6.45, 7) is 0.458. The van der Waals surface area contributed by atoms with E-state index in [0.717, 1.165) is 20.9 Å². The van der Waals surface area contributed by atoms with Gasteiger partial charge in [-0.1, -0.05) is 45.7 Å². The summed E-state index contributed by atoms with van der Waals surface area (Å²) in [4.78, 5) is 4.34. The molecule has 0 fully saturated rings. The van der Waals surface area contributed by atoms with E-state index in [1.54, 1.807) is 6.20 Å². The van der Waals surface area contributed by atoms with Crippen molar-refractivity contribution in [3.05, 3.63) is 69.8 Å². The van der Waals surface area contributed by atoms with Gasteiger partial charge < -0.3 is 4.74 Å². The summed E-state index contributed by atoms with van der Waals surface area (Å²) in [6.07, 6.45) is 1.80. The second kappa shape index (κ2) is 5.81. The third-order valence-corrected chi connectivity index (χ3v) is 3.82. The summed E-state index contributed by atoms with van der Waals surface area (Å²) in [5.74, 6) is 0.668. The lowest BCUT2D eigenvalue weighted by atomic mass is 10.1. The smallest absolute Gasteiger partial charge is 0.139 e. The van der Waals surface area contributed by atoms with Crippen LogP contribution in [-0.2, 0) is 6.61 Å². The lowest BCUT2D eigenvalue weighted by Gasteiger charge is -2.10. The molecule has 2 aromatic carbocycles. The van der Waals surface area contributed by atoms with E-state index in [2.05, 4.69) is 20.9 Å². The van der Waals surface area contributed by atoms with Crippen molar-refractivity contribution >= 4 is 38.4 Å². The molecule has 100 valence electrons. The van der Waals surface area contributed by atoms with Crippen LogP contribution >= 0.6 is 27.5 Å². The normalized spacial score (nSPS) is 10.7. The maximum Gasteiger partial charge on any atom is 0.139 e. The zero-order valence-electron chi connectivity index (χ0n) is 10.5. The molecule has 0 radical (unpaired) electrons. The Morgan fingerprint density at radius 2 is 1.95 bits per heavy atom. The van der Waals surface area contributed by atoms with Crippen LogP contribution in [0.1, 0.15) is 5.56 Å². The number of pyridine rings is 1. The lowest BCUT2D eigenvalue weighted by molar-refractivity contribution is 0.307. The van der Waals surface area contributed by atoms with E-state index >= 15 is 0 Å². The summed E-state index contributed by atoms with van der Waals surface area (Å²) in [5.41, 5.74) is 2.06. The van der Waals surface area contributed by atoms with Crippen LogP contribution in [0.4, 0.5) is 0 Å². The summed E-state index contributed by atoms with van der Waals surface area (Å²) in [6, 6.07) is 15.5. The Morgan fingerprint density at radius 1 is 1.10 bits per heavy atom. The Balaban J connectivity index is 1.89. The third kappa shape index (κ3) is 2.79. The lowest BCUT2D eigenvalue weighted by Crippen LogP contribution is -1.97. The van der Waals surface area contributed by atoms with Crippen LogP contribution in [0, 0.1) is 0 Å². The Labute approximate surface area is 130 Å². The molecule has 0 bridgehead atoms. The van der Waals surface area contributed by atoms with Crippen LogP contribution in [0.2, 0.25) is 5.02 Å². The quantitative estimate of drug-likeness (QED) is 0.646. The van der Waals surface area contributed by atoms with Crippen molar-refractivity contribution in [2.45, 2.75) is 6.61 Å². The number of halogens is 2. The van der Waals surface area contributed by atoms with Crippen LogP contribution in [0.5, 0.6) is 5.75 Å². The number of benzene rings is 2. The largest absolute Gasteiger partial charge is 0.487 e. The van der Waals surface area contributed by atoms with Crippen molar-refractivity contribution in [2.75, 3.05) is 0 Å². The van der Waals surface area contributed by atoms with Gasteiger partial charge in [0.1, 0.15) is 12.4 Å². The van der Waals surface area contributed by atoms with Crippen LogP contribution in [0.25, 0.3) is 10.9 Å². The van der Waals surface area contributed by atoms with Gasteiger partial charge in [-0.05, 0) is 30.3 Å². The van der Waals surface area contributed by atoms with Gasteiger partial charge >= 0.3 is 0 Å². The van der Waals surface area contributed by atoms with Crippen LogP contribution < -0.4 is 4.74 Å². The van der Waals surface area contributed by atoms with E-state index in [1.165, 1.54) is 0 Å². The second-order valence-corrected chi connectivity index (χ2v) is 5.67. The van der Waals surface area contributed by atoms with Crippen molar-refractivity contribution in [3.8, 4) is 5.75 Å². The van der Waals surface area contributed by atoms with Crippen molar-refractivity contribution in [3.63, 3.8) is 0 Å². The molecule has 0 aliphatic carbocycles. The van der Waals surface area contributed by atoms with Crippen LogP contribution in [0.15, 0.2) is 59.2 Å². The van der Waals surface area contributed by atoms with Gasteiger partial charge in [-0.2, -0.15) is 0 Å². The molecule has 0 unspecified atom stereocenters. The first-order valence-corrected chi connectivity index (χ1v) is 7.31. The van der Waals surface area contributed by atoms with Gasteiger partial charge in [-0.15, -0.1) is 0 Å². The zero-order chi connectivity index (χ0) is 13.9. The molecule has 3 aromatic rings. The fourth-order valence-electron chi connectivity index (χ4n) is 2.02. The van der Waals surface area contributed by atoms with Gasteiger partial charge in [-0.25, -0.2) is 0 Å². The molecule has 3 rings (SSSR count). The number of hydrogen-bond donors (Lipinski definition) is 0. The Kier molecular flexibility index (Phi) is 3.90. The molecule has 20 heavy (non-hydrogen) atoms. The van der Waals surface area contributed by atoms with Crippen molar-refractivity contribution in [1.82, 2.24) is 4.98 Å². The standard InChI is InChI=1S/C16H11BrClNO/c17-12-5-6-14(18)16(9-12)20-10-11-7-8-19-15-4-2-1-3-13(11)15/h1-9H,10H2. The Hall–Kier alpha value is -1.58. The molecule has 0 atom stereocenters. The van der Waals surface area contributed by atoms with Crippen molar-refractivity contribution < 1.29 is 4.74 Å². The zero-order valence-corrected chi connectivity index (χ0v) is 12.9. The number of rotatable bonds is 3. The van der Waals surface area contributed by atoms with Crippen LogP contribution in [0.3, 0.4) is 0 Å². The molecule has 0 spiro atoms. The first kappa shape index (κ1) is 13.4. The molecule has 0 aliphatic rings. The molecule has 1 aromatic heterocycles. The van der Waals surface area contributed by atoms with Gasteiger partial charge in [0.2, 0.25) is 0 Å². The van der Waals surface area contributed by atoms with E-state index in [0.29, 0.717) is 17.4 Å². The summed E-state index contributed by atoms with van der Waals surface area (Å²) >= 11 is 9.54. The molecular formula is C16H11BrClNO. The average Bonchev–Trinajstić information content (AvgIpc) is 2.48. The molecular weight excluding hydrogens is 338 g/mol. The highest BCUT2D eigenvalue weighted by Gasteiger charge is 2.05. The molecule has 1 heterocycles. The van der Waals surface area contributed by atoms with Gasteiger partial charge in [0.15, 0.2) is 0 Å². The van der Waals surface area contributed by atoms with E-state index in [4.69, 9.17) is 16.3 Å². The predicted octanol–water partition coefficient (Wildman–Crippen LogP) is 5.23. The first-order valence-electron chi connectivity index (χ1n) is 6.14. The minimum atomic E-state index is 0.458. The number of aromatic nitrogens is 1. The van der Waals surface area contributed by atoms with E-state index in [1.807, 2.05) is 48.5 Å². The molecule has 0 aliphatic heterocycles. The minimum absolute atomic E-state index is 0.458. The number of nitrogens with zero attached hydrogens (tertiary/aromatic N) is 1. The summed E-state index contributed by atoms with van der Waals surface area (Å²) < 4.78 is 6.76. The molecule has 0 amide bonds.